The molecule has 0 spiro atoms. The van der Waals surface area contributed by atoms with Gasteiger partial charge in [0.25, 0.3) is 5.91 Å². The van der Waals surface area contributed by atoms with Gasteiger partial charge in [-0.15, -0.1) is 11.6 Å². The minimum absolute atomic E-state index is 0.156. The summed E-state index contributed by atoms with van der Waals surface area (Å²) < 4.78 is 1.10. The second kappa shape index (κ2) is 6.75. The molecule has 1 amide bonds. The Hall–Kier alpha value is -0.290. The number of benzene rings is 1. The van der Waals surface area contributed by atoms with Gasteiger partial charge in [-0.3, -0.25) is 4.79 Å². The van der Waals surface area contributed by atoms with Gasteiger partial charge in [-0.25, -0.2) is 0 Å². The van der Waals surface area contributed by atoms with Gasteiger partial charge in [-0.1, -0.05) is 6.07 Å². The lowest BCUT2D eigenvalue weighted by Crippen LogP contribution is -2.44. The van der Waals surface area contributed by atoms with Crippen LogP contribution in [0.25, 0.3) is 0 Å². The summed E-state index contributed by atoms with van der Waals surface area (Å²) in [7, 11) is 0. The van der Waals surface area contributed by atoms with E-state index in [0.717, 1.165) is 34.9 Å². The van der Waals surface area contributed by atoms with Crippen LogP contribution in [0.15, 0.2) is 24.3 Å². The van der Waals surface area contributed by atoms with E-state index in [2.05, 4.69) is 22.6 Å². The second-order valence-corrected chi connectivity index (χ2v) is 6.26. The molecule has 1 aliphatic heterocycles. The Labute approximate surface area is 127 Å². The van der Waals surface area contributed by atoms with E-state index in [9.17, 15) is 4.79 Å². The first kappa shape index (κ1) is 14.1. The molecule has 1 heterocycles. The molecule has 18 heavy (non-hydrogen) atoms. The Morgan fingerprint density at radius 3 is 3.00 bits per heavy atom. The number of amides is 1. The molecule has 0 aliphatic carbocycles. The standard InChI is InChI=1S/C14H17ClINO/c15-8-7-13-6-1-2-9-17(13)14(18)11-4-3-5-12(16)10-11/h3-5,10,13H,1-2,6-9H2. The van der Waals surface area contributed by atoms with E-state index >= 15 is 0 Å². The average molecular weight is 378 g/mol. The van der Waals surface area contributed by atoms with Crippen molar-refractivity contribution in [1.29, 1.82) is 0 Å². The lowest BCUT2D eigenvalue weighted by atomic mass is 9.99. The molecule has 0 aromatic heterocycles. The predicted octanol–water partition coefficient (Wildman–Crippen LogP) is 3.91. The Bertz CT molecular complexity index is 422. The zero-order valence-corrected chi connectivity index (χ0v) is 13.2. The largest absolute Gasteiger partial charge is 0.336 e. The number of nitrogens with zero attached hydrogens (tertiary/aromatic N) is 1. The van der Waals surface area contributed by atoms with Gasteiger partial charge in [0.2, 0.25) is 0 Å². The number of hydrogen-bond donors (Lipinski definition) is 0. The maximum absolute atomic E-state index is 12.5. The Kier molecular flexibility index (Phi) is 5.30. The van der Waals surface area contributed by atoms with E-state index in [1.54, 1.807) is 0 Å². The van der Waals surface area contributed by atoms with Gasteiger partial charge >= 0.3 is 0 Å². The molecule has 1 aromatic carbocycles. The van der Waals surface area contributed by atoms with Crippen molar-refractivity contribution in [1.82, 2.24) is 4.90 Å². The van der Waals surface area contributed by atoms with Crippen LogP contribution < -0.4 is 0 Å². The highest BCUT2D eigenvalue weighted by Crippen LogP contribution is 2.22. The summed E-state index contributed by atoms with van der Waals surface area (Å²) in [5.41, 5.74) is 0.795. The van der Waals surface area contributed by atoms with Crippen LogP contribution in [0.1, 0.15) is 36.0 Å². The number of halogens is 2. The van der Waals surface area contributed by atoms with E-state index in [1.807, 2.05) is 29.2 Å². The lowest BCUT2D eigenvalue weighted by Gasteiger charge is -2.35. The first-order valence-electron chi connectivity index (χ1n) is 6.35. The van der Waals surface area contributed by atoms with E-state index < -0.39 is 0 Å². The molecular formula is C14H17ClINO. The molecule has 1 aromatic rings. The highest BCUT2D eigenvalue weighted by atomic mass is 127. The highest BCUT2D eigenvalue weighted by Gasteiger charge is 2.26. The van der Waals surface area contributed by atoms with Gasteiger partial charge in [-0.2, -0.15) is 0 Å². The Morgan fingerprint density at radius 2 is 2.28 bits per heavy atom. The molecule has 98 valence electrons. The fourth-order valence-corrected chi connectivity index (χ4v) is 3.28. The Morgan fingerprint density at radius 1 is 1.44 bits per heavy atom. The van der Waals surface area contributed by atoms with Gasteiger partial charge in [0.1, 0.15) is 0 Å². The lowest BCUT2D eigenvalue weighted by molar-refractivity contribution is 0.0609. The fraction of sp³-hybridized carbons (Fsp3) is 0.500. The molecule has 1 fully saturated rings. The quantitative estimate of drug-likeness (QED) is 0.577. The second-order valence-electron chi connectivity index (χ2n) is 4.64. The molecule has 0 saturated carbocycles. The minimum atomic E-state index is 0.156. The van der Waals surface area contributed by atoms with Gasteiger partial charge < -0.3 is 4.90 Å². The zero-order chi connectivity index (χ0) is 13.0. The maximum Gasteiger partial charge on any atom is 0.254 e. The van der Waals surface area contributed by atoms with Crippen molar-refractivity contribution >= 4 is 40.1 Å². The van der Waals surface area contributed by atoms with Crippen molar-refractivity contribution in [2.75, 3.05) is 12.4 Å². The van der Waals surface area contributed by atoms with Crippen LogP contribution in [-0.4, -0.2) is 29.3 Å². The van der Waals surface area contributed by atoms with E-state index in [0.29, 0.717) is 11.9 Å². The summed E-state index contributed by atoms with van der Waals surface area (Å²) in [6.07, 6.45) is 4.30. The van der Waals surface area contributed by atoms with Crippen LogP contribution in [0.2, 0.25) is 0 Å². The monoisotopic (exact) mass is 377 g/mol. The van der Waals surface area contributed by atoms with Crippen LogP contribution in [0, 0.1) is 3.57 Å². The third-order valence-electron chi connectivity index (χ3n) is 3.40. The molecular weight excluding hydrogens is 361 g/mol. The molecule has 1 aliphatic rings. The average Bonchev–Trinajstić information content (AvgIpc) is 2.39. The predicted molar refractivity (Wildman–Crippen MR) is 83.2 cm³/mol. The number of alkyl halides is 1. The number of piperidine rings is 1. The summed E-state index contributed by atoms with van der Waals surface area (Å²) in [6, 6.07) is 8.12. The third-order valence-corrected chi connectivity index (χ3v) is 4.29. The van der Waals surface area contributed by atoms with Crippen LogP contribution in [0.4, 0.5) is 0 Å². The maximum atomic E-state index is 12.5. The van der Waals surface area contributed by atoms with Crippen molar-refractivity contribution in [3.8, 4) is 0 Å². The van der Waals surface area contributed by atoms with E-state index in [-0.39, 0.29) is 5.91 Å². The summed E-state index contributed by atoms with van der Waals surface area (Å²) in [6.45, 7) is 0.867. The zero-order valence-electron chi connectivity index (χ0n) is 10.2. The van der Waals surface area contributed by atoms with Crippen molar-refractivity contribution in [3.63, 3.8) is 0 Å². The summed E-state index contributed by atoms with van der Waals surface area (Å²) in [5.74, 6) is 0.782. The summed E-state index contributed by atoms with van der Waals surface area (Å²) >= 11 is 8.08. The molecule has 1 unspecified atom stereocenters. The van der Waals surface area contributed by atoms with Crippen molar-refractivity contribution in [3.05, 3.63) is 33.4 Å². The molecule has 2 nitrogen and oxygen atoms in total. The first-order valence-corrected chi connectivity index (χ1v) is 7.96. The van der Waals surface area contributed by atoms with Gasteiger partial charge in [0.15, 0.2) is 0 Å². The van der Waals surface area contributed by atoms with Gasteiger partial charge in [0, 0.05) is 27.6 Å². The van der Waals surface area contributed by atoms with E-state index in [1.165, 1.54) is 6.42 Å². The molecule has 0 N–H and O–H groups in total. The smallest absolute Gasteiger partial charge is 0.254 e. The van der Waals surface area contributed by atoms with Crippen molar-refractivity contribution in [2.45, 2.75) is 31.7 Å². The topological polar surface area (TPSA) is 20.3 Å². The van der Waals surface area contributed by atoms with Crippen molar-refractivity contribution < 1.29 is 4.79 Å². The molecule has 4 heteroatoms. The molecule has 1 saturated heterocycles. The number of rotatable bonds is 3. The number of carbonyl (C=O) groups excluding carboxylic acids is 1. The highest BCUT2D eigenvalue weighted by molar-refractivity contribution is 14.1. The summed E-state index contributed by atoms with van der Waals surface area (Å²) in [4.78, 5) is 14.5. The van der Waals surface area contributed by atoms with Crippen LogP contribution >= 0.6 is 34.2 Å². The van der Waals surface area contributed by atoms with Gasteiger partial charge in [-0.05, 0) is 66.5 Å². The Balaban J connectivity index is 2.15. The first-order chi connectivity index (χ1) is 8.72. The van der Waals surface area contributed by atoms with E-state index in [4.69, 9.17) is 11.6 Å². The number of carbonyl (C=O) groups is 1. The van der Waals surface area contributed by atoms with Crippen LogP contribution in [0.3, 0.4) is 0 Å². The molecule has 0 bridgehead atoms. The fourth-order valence-electron chi connectivity index (χ4n) is 2.48. The van der Waals surface area contributed by atoms with Crippen LogP contribution in [0.5, 0.6) is 0 Å². The van der Waals surface area contributed by atoms with Crippen molar-refractivity contribution in [2.24, 2.45) is 0 Å². The molecule has 1 atom stereocenters. The van der Waals surface area contributed by atoms with Gasteiger partial charge in [0.05, 0.1) is 0 Å². The summed E-state index contributed by atoms with van der Waals surface area (Å²) in [5, 5.41) is 0. The SMILES string of the molecule is O=C(c1cccc(I)c1)N1CCCCC1CCCl. The normalized spacial score (nSPS) is 19.9. The number of hydrogen-bond acceptors (Lipinski definition) is 1. The minimum Gasteiger partial charge on any atom is -0.336 e. The molecule has 2 rings (SSSR count). The number of likely N-dealkylation sites (tertiary alicyclic amines) is 1. The third kappa shape index (κ3) is 3.38. The molecule has 0 radical (unpaired) electrons. The van der Waals surface area contributed by atoms with Crippen LogP contribution in [-0.2, 0) is 0 Å².